The number of halogens is 3. The highest BCUT2D eigenvalue weighted by Gasteiger charge is 2.32. The third-order valence-electron chi connectivity index (χ3n) is 3.34. The van der Waals surface area contributed by atoms with Gasteiger partial charge in [0.05, 0.1) is 10.9 Å². The Morgan fingerprint density at radius 3 is 2.74 bits per heavy atom. The van der Waals surface area contributed by atoms with Gasteiger partial charge in [-0.05, 0) is 23.1 Å². The summed E-state index contributed by atoms with van der Waals surface area (Å²) < 4.78 is 40.4. The minimum Gasteiger partial charge on any atom is -0.290 e. The largest absolute Gasteiger partial charge is 0.416 e. The van der Waals surface area contributed by atoms with Gasteiger partial charge in [0.15, 0.2) is 5.16 Å². The second kappa shape index (κ2) is 6.01. The van der Waals surface area contributed by atoms with Gasteiger partial charge in [-0.1, -0.05) is 30.0 Å². The Hall–Kier alpha value is -1.80. The van der Waals surface area contributed by atoms with Gasteiger partial charge in [-0.3, -0.25) is 9.36 Å². The number of benzene rings is 1. The third kappa shape index (κ3) is 3.13. The zero-order valence-corrected chi connectivity index (χ0v) is 13.6. The number of rotatable bonds is 3. The van der Waals surface area contributed by atoms with Crippen molar-refractivity contribution in [3.8, 4) is 0 Å². The van der Waals surface area contributed by atoms with Crippen LogP contribution in [0.25, 0.3) is 10.2 Å². The molecule has 0 amide bonds. The van der Waals surface area contributed by atoms with Crippen molar-refractivity contribution < 1.29 is 13.2 Å². The summed E-state index contributed by atoms with van der Waals surface area (Å²) in [7, 11) is 1.57. The Kier molecular flexibility index (Phi) is 4.20. The molecule has 0 spiro atoms. The van der Waals surface area contributed by atoms with E-state index in [4.69, 9.17) is 0 Å². The predicted molar refractivity (Wildman–Crippen MR) is 85.9 cm³/mol. The molecule has 0 bridgehead atoms. The van der Waals surface area contributed by atoms with E-state index in [1.165, 1.54) is 28.0 Å². The second-order valence-corrected chi connectivity index (χ2v) is 6.68. The maximum absolute atomic E-state index is 13.0. The first-order chi connectivity index (χ1) is 10.9. The first-order valence-electron chi connectivity index (χ1n) is 6.60. The molecule has 0 N–H and O–H groups in total. The molecule has 3 nitrogen and oxygen atoms in total. The first-order valence-corrected chi connectivity index (χ1v) is 8.46. The summed E-state index contributed by atoms with van der Waals surface area (Å²) in [5.74, 6) is 0.0901. The number of thiophene rings is 1. The Morgan fingerprint density at radius 2 is 2.00 bits per heavy atom. The molecule has 0 fully saturated rings. The van der Waals surface area contributed by atoms with Crippen LogP contribution >= 0.6 is 23.1 Å². The second-order valence-electron chi connectivity index (χ2n) is 4.84. The zero-order chi connectivity index (χ0) is 16.6. The number of aromatic nitrogens is 2. The fraction of sp³-hybridized carbons (Fsp3) is 0.200. The zero-order valence-electron chi connectivity index (χ0n) is 11.9. The van der Waals surface area contributed by atoms with Gasteiger partial charge in [0, 0.05) is 12.8 Å². The van der Waals surface area contributed by atoms with E-state index in [0.717, 1.165) is 17.8 Å². The van der Waals surface area contributed by atoms with Gasteiger partial charge >= 0.3 is 6.18 Å². The molecule has 0 unspecified atom stereocenters. The average Bonchev–Trinajstić information content (AvgIpc) is 2.97. The molecule has 0 saturated heterocycles. The van der Waals surface area contributed by atoms with Gasteiger partial charge in [0.25, 0.3) is 5.56 Å². The molecule has 2 aromatic heterocycles. The number of fused-ring (bicyclic) bond motifs is 1. The summed E-state index contributed by atoms with van der Waals surface area (Å²) in [5.41, 5.74) is -0.678. The van der Waals surface area contributed by atoms with Crippen LogP contribution in [0.5, 0.6) is 0 Å². The topological polar surface area (TPSA) is 34.9 Å². The van der Waals surface area contributed by atoms with Crippen LogP contribution in [-0.2, 0) is 19.0 Å². The van der Waals surface area contributed by atoms with Crippen molar-refractivity contribution in [1.29, 1.82) is 0 Å². The quantitative estimate of drug-likeness (QED) is 0.518. The Morgan fingerprint density at radius 1 is 1.26 bits per heavy atom. The summed E-state index contributed by atoms with van der Waals surface area (Å²) in [4.78, 5) is 17.1. The van der Waals surface area contributed by atoms with E-state index in [-0.39, 0.29) is 16.9 Å². The van der Waals surface area contributed by atoms with E-state index in [1.54, 1.807) is 24.6 Å². The fourth-order valence-corrected chi connectivity index (χ4v) is 3.96. The standard InChI is InChI=1S/C15H11F3N2OS2/c1-20-13(21)10-6-7-22-12(10)19-14(20)23-8-9-4-2-3-5-11(9)15(16,17)18/h2-7H,8H2,1H3. The predicted octanol–water partition coefficient (Wildman–Crippen LogP) is 4.31. The lowest BCUT2D eigenvalue weighted by Crippen LogP contribution is -2.19. The van der Waals surface area contributed by atoms with Gasteiger partial charge in [-0.15, -0.1) is 11.3 Å². The monoisotopic (exact) mass is 356 g/mol. The van der Waals surface area contributed by atoms with E-state index in [2.05, 4.69) is 4.98 Å². The van der Waals surface area contributed by atoms with Crippen LogP contribution in [-0.4, -0.2) is 9.55 Å². The smallest absolute Gasteiger partial charge is 0.290 e. The van der Waals surface area contributed by atoms with Crippen molar-refractivity contribution in [2.24, 2.45) is 7.05 Å². The molecule has 3 aromatic rings. The van der Waals surface area contributed by atoms with Crippen molar-refractivity contribution in [3.05, 3.63) is 57.2 Å². The lowest BCUT2D eigenvalue weighted by Gasteiger charge is -2.13. The van der Waals surface area contributed by atoms with E-state index < -0.39 is 11.7 Å². The number of alkyl halides is 3. The summed E-state index contributed by atoms with van der Waals surface area (Å²) in [5, 5.41) is 2.70. The molecule has 1 aromatic carbocycles. The van der Waals surface area contributed by atoms with Crippen molar-refractivity contribution in [2.45, 2.75) is 17.1 Å². The molecular weight excluding hydrogens is 345 g/mol. The molecule has 0 saturated carbocycles. The van der Waals surface area contributed by atoms with E-state index in [0.29, 0.717) is 15.4 Å². The summed E-state index contributed by atoms with van der Waals surface area (Å²) in [6, 6.07) is 7.13. The SMILES string of the molecule is Cn1c(SCc2ccccc2C(F)(F)F)nc2sccc2c1=O. The maximum atomic E-state index is 13.0. The molecular formula is C15H11F3N2OS2. The van der Waals surface area contributed by atoms with Gasteiger partial charge < -0.3 is 0 Å². The molecule has 0 atom stereocenters. The van der Waals surface area contributed by atoms with Crippen LogP contribution in [0.3, 0.4) is 0 Å². The molecule has 120 valence electrons. The highest BCUT2D eigenvalue weighted by atomic mass is 32.2. The van der Waals surface area contributed by atoms with Crippen molar-refractivity contribution in [2.75, 3.05) is 0 Å². The molecule has 23 heavy (non-hydrogen) atoms. The Labute approximate surface area is 137 Å². The van der Waals surface area contributed by atoms with Crippen LogP contribution in [0.1, 0.15) is 11.1 Å². The lowest BCUT2D eigenvalue weighted by atomic mass is 10.1. The molecule has 0 aliphatic rings. The summed E-state index contributed by atoms with van der Waals surface area (Å²) in [6.07, 6.45) is -4.39. The minimum absolute atomic E-state index is 0.0901. The molecule has 8 heteroatoms. The van der Waals surface area contributed by atoms with Crippen molar-refractivity contribution in [1.82, 2.24) is 9.55 Å². The van der Waals surface area contributed by atoms with Crippen LogP contribution in [0.15, 0.2) is 45.7 Å². The van der Waals surface area contributed by atoms with Gasteiger partial charge in [-0.2, -0.15) is 13.2 Å². The summed E-state index contributed by atoms with van der Waals surface area (Å²) >= 11 is 2.46. The number of nitrogens with zero attached hydrogens (tertiary/aromatic N) is 2. The van der Waals surface area contributed by atoms with Crippen LogP contribution in [0, 0.1) is 0 Å². The van der Waals surface area contributed by atoms with Gasteiger partial charge in [0.1, 0.15) is 4.83 Å². The number of thioether (sulfide) groups is 1. The Balaban J connectivity index is 1.93. The Bertz CT molecular complexity index is 915. The third-order valence-corrected chi connectivity index (χ3v) is 5.23. The maximum Gasteiger partial charge on any atom is 0.416 e. The molecule has 0 radical (unpaired) electrons. The highest BCUT2D eigenvalue weighted by molar-refractivity contribution is 7.98. The van der Waals surface area contributed by atoms with Crippen LogP contribution in [0.4, 0.5) is 13.2 Å². The number of hydrogen-bond acceptors (Lipinski definition) is 4. The van der Waals surface area contributed by atoms with Crippen molar-refractivity contribution in [3.63, 3.8) is 0 Å². The minimum atomic E-state index is -4.39. The average molecular weight is 356 g/mol. The lowest BCUT2D eigenvalue weighted by molar-refractivity contribution is -0.138. The van der Waals surface area contributed by atoms with Gasteiger partial charge in [-0.25, -0.2) is 4.98 Å². The van der Waals surface area contributed by atoms with Crippen LogP contribution < -0.4 is 5.56 Å². The van der Waals surface area contributed by atoms with Crippen molar-refractivity contribution >= 4 is 33.3 Å². The van der Waals surface area contributed by atoms with E-state index >= 15 is 0 Å². The molecule has 2 heterocycles. The molecule has 0 aliphatic heterocycles. The van der Waals surface area contributed by atoms with Crippen LogP contribution in [0.2, 0.25) is 0 Å². The fourth-order valence-electron chi connectivity index (χ4n) is 2.17. The summed E-state index contributed by atoms with van der Waals surface area (Å²) in [6.45, 7) is 0. The number of hydrogen-bond donors (Lipinski definition) is 0. The molecule has 3 rings (SSSR count). The highest BCUT2D eigenvalue weighted by Crippen LogP contribution is 2.34. The van der Waals surface area contributed by atoms with E-state index in [1.807, 2.05) is 0 Å². The first kappa shape index (κ1) is 16.1. The van der Waals surface area contributed by atoms with Gasteiger partial charge in [0.2, 0.25) is 0 Å². The normalized spacial score (nSPS) is 12.0. The van der Waals surface area contributed by atoms with E-state index in [9.17, 15) is 18.0 Å². The molecule has 0 aliphatic carbocycles.